The number of amides is 2. The van der Waals surface area contributed by atoms with Gasteiger partial charge in [0.15, 0.2) is 0 Å². The molecule has 0 aliphatic carbocycles. The molecule has 1 aromatic rings. The summed E-state index contributed by atoms with van der Waals surface area (Å²) in [6, 6.07) is 2.52. The SMILES string of the molecule is CCCC(=O)N1CCCC(C(=O)N2CCN(S(=O)(=O)c3ccc(C(=O)OCC)o3)CC2)C1. The molecule has 2 aliphatic rings. The van der Waals surface area contributed by atoms with Gasteiger partial charge in [-0.25, -0.2) is 13.2 Å². The molecular weight excluding hydrogens is 438 g/mol. The standard InChI is InChI=1S/C21H31N3O7S/c1-3-6-18(25)23-10-5-7-16(15-23)20(26)22-11-13-24(14-12-22)32(28,29)19-9-8-17(31-19)21(27)30-4-2/h8-9,16H,3-7,10-15H2,1-2H3. The first-order chi connectivity index (χ1) is 15.3. The Balaban J connectivity index is 1.58. The fraction of sp³-hybridized carbons (Fsp3) is 0.667. The van der Waals surface area contributed by atoms with Crippen LogP contribution in [0.15, 0.2) is 21.6 Å². The van der Waals surface area contributed by atoms with Crippen molar-refractivity contribution in [2.75, 3.05) is 45.9 Å². The summed E-state index contributed by atoms with van der Waals surface area (Å²) in [7, 11) is -3.92. The topological polar surface area (TPSA) is 117 Å². The summed E-state index contributed by atoms with van der Waals surface area (Å²) >= 11 is 0. The third-order valence-corrected chi connectivity index (χ3v) is 7.56. The third kappa shape index (κ3) is 5.32. The first-order valence-corrected chi connectivity index (χ1v) is 12.6. The van der Waals surface area contributed by atoms with Crippen molar-refractivity contribution in [2.45, 2.75) is 44.6 Å². The van der Waals surface area contributed by atoms with Crippen LogP contribution in [0.5, 0.6) is 0 Å². The summed E-state index contributed by atoms with van der Waals surface area (Å²) in [4.78, 5) is 40.4. The van der Waals surface area contributed by atoms with Crippen molar-refractivity contribution in [2.24, 2.45) is 5.92 Å². The summed E-state index contributed by atoms with van der Waals surface area (Å²) in [5.41, 5.74) is 0. The molecule has 2 amide bonds. The second-order valence-electron chi connectivity index (χ2n) is 8.00. The molecule has 10 nitrogen and oxygen atoms in total. The molecule has 0 saturated carbocycles. The van der Waals surface area contributed by atoms with Crippen molar-refractivity contribution in [1.29, 1.82) is 0 Å². The van der Waals surface area contributed by atoms with Crippen molar-refractivity contribution in [3.63, 3.8) is 0 Å². The average Bonchev–Trinajstić information content (AvgIpc) is 3.31. The lowest BCUT2D eigenvalue weighted by molar-refractivity contribution is -0.141. The van der Waals surface area contributed by atoms with Crippen LogP contribution in [-0.2, 0) is 24.3 Å². The number of rotatable bonds is 7. The van der Waals surface area contributed by atoms with Crippen molar-refractivity contribution in [1.82, 2.24) is 14.1 Å². The molecular formula is C21H31N3O7S. The number of piperidine rings is 1. The van der Waals surface area contributed by atoms with Crippen LogP contribution >= 0.6 is 0 Å². The fourth-order valence-corrected chi connectivity index (χ4v) is 5.42. The molecule has 2 fully saturated rings. The Morgan fingerprint density at radius 1 is 1.06 bits per heavy atom. The first-order valence-electron chi connectivity index (χ1n) is 11.1. The van der Waals surface area contributed by atoms with Crippen molar-refractivity contribution >= 4 is 27.8 Å². The summed E-state index contributed by atoms with van der Waals surface area (Å²) < 4.78 is 37.0. The van der Waals surface area contributed by atoms with Gasteiger partial charge in [0.2, 0.25) is 22.7 Å². The number of hydrogen-bond donors (Lipinski definition) is 0. The van der Waals surface area contributed by atoms with E-state index < -0.39 is 16.0 Å². The molecule has 0 spiro atoms. The van der Waals surface area contributed by atoms with Gasteiger partial charge in [-0.3, -0.25) is 9.59 Å². The number of carbonyl (C=O) groups is 3. The largest absolute Gasteiger partial charge is 0.460 e. The molecule has 11 heteroatoms. The lowest BCUT2D eigenvalue weighted by Gasteiger charge is -2.38. The van der Waals surface area contributed by atoms with Crippen LogP contribution < -0.4 is 0 Å². The van der Waals surface area contributed by atoms with E-state index in [2.05, 4.69) is 0 Å². The highest BCUT2D eigenvalue weighted by atomic mass is 32.2. The van der Waals surface area contributed by atoms with Crippen LogP contribution in [0.2, 0.25) is 0 Å². The van der Waals surface area contributed by atoms with Crippen LogP contribution in [0.1, 0.15) is 50.1 Å². The summed E-state index contributed by atoms with van der Waals surface area (Å²) in [5, 5.41) is -0.322. The Labute approximate surface area is 188 Å². The predicted octanol–water partition coefficient (Wildman–Crippen LogP) is 1.33. The Kier molecular flexibility index (Phi) is 7.94. The summed E-state index contributed by atoms with van der Waals surface area (Å²) in [5.74, 6) is -1.08. The second-order valence-corrected chi connectivity index (χ2v) is 9.87. The van der Waals surface area contributed by atoms with E-state index in [0.29, 0.717) is 19.5 Å². The molecule has 0 aromatic carbocycles. The van der Waals surface area contributed by atoms with Gasteiger partial charge >= 0.3 is 5.97 Å². The quantitative estimate of drug-likeness (QED) is 0.553. The van der Waals surface area contributed by atoms with E-state index in [0.717, 1.165) is 19.3 Å². The molecule has 32 heavy (non-hydrogen) atoms. The number of esters is 1. The smallest absolute Gasteiger partial charge is 0.374 e. The molecule has 2 aliphatic heterocycles. The number of piperazine rings is 1. The highest BCUT2D eigenvalue weighted by Crippen LogP contribution is 2.24. The van der Waals surface area contributed by atoms with Gasteiger partial charge < -0.3 is 19.0 Å². The normalized spacial score (nSPS) is 20.2. The van der Waals surface area contributed by atoms with E-state index in [1.165, 1.54) is 16.4 Å². The molecule has 2 saturated heterocycles. The van der Waals surface area contributed by atoms with Gasteiger partial charge in [0.1, 0.15) is 0 Å². The Morgan fingerprint density at radius 2 is 1.78 bits per heavy atom. The minimum Gasteiger partial charge on any atom is -0.460 e. The lowest BCUT2D eigenvalue weighted by atomic mass is 9.96. The van der Waals surface area contributed by atoms with E-state index in [9.17, 15) is 22.8 Å². The maximum atomic E-state index is 13.0. The maximum Gasteiger partial charge on any atom is 0.374 e. The van der Waals surface area contributed by atoms with Crippen LogP contribution in [0.4, 0.5) is 0 Å². The van der Waals surface area contributed by atoms with Crippen molar-refractivity contribution in [3.8, 4) is 0 Å². The number of furan rings is 1. The van der Waals surface area contributed by atoms with E-state index in [1.807, 2.05) is 6.92 Å². The maximum absolute atomic E-state index is 13.0. The highest BCUT2D eigenvalue weighted by Gasteiger charge is 2.36. The van der Waals surface area contributed by atoms with Crippen LogP contribution in [0.25, 0.3) is 0 Å². The molecule has 0 bridgehead atoms. The van der Waals surface area contributed by atoms with E-state index >= 15 is 0 Å². The Bertz CT molecular complexity index is 935. The van der Waals surface area contributed by atoms with Crippen LogP contribution in [0, 0.1) is 5.92 Å². The number of ether oxygens (including phenoxy) is 1. The number of likely N-dealkylation sites (tertiary alicyclic amines) is 1. The van der Waals surface area contributed by atoms with Crippen LogP contribution in [-0.4, -0.2) is 86.2 Å². The number of nitrogens with zero attached hydrogens (tertiary/aromatic N) is 3. The molecule has 1 atom stereocenters. The van der Waals surface area contributed by atoms with E-state index in [4.69, 9.17) is 9.15 Å². The summed E-state index contributed by atoms with van der Waals surface area (Å²) in [6.45, 7) is 5.68. The van der Waals surface area contributed by atoms with Crippen molar-refractivity contribution in [3.05, 3.63) is 17.9 Å². The molecule has 3 heterocycles. The van der Waals surface area contributed by atoms with E-state index in [-0.39, 0.29) is 61.4 Å². The van der Waals surface area contributed by atoms with Crippen LogP contribution in [0.3, 0.4) is 0 Å². The highest BCUT2D eigenvalue weighted by molar-refractivity contribution is 7.89. The zero-order chi connectivity index (χ0) is 23.3. The van der Waals surface area contributed by atoms with Gasteiger partial charge in [-0.05, 0) is 38.3 Å². The summed E-state index contributed by atoms with van der Waals surface area (Å²) in [6.07, 6.45) is 2.79. The second kappa shape index (κ2) is 10.5. The third-order valence-electron chi connectivity index (χ3n) is 5.79. The van der Waals surface area contributed by atoms with Gasteiger partial charge in [0, 0.05) is 45.7 Å². The minimum atomic E-state index is -3.92. The lowest BCUT2D eigenvalue weighted by Crippen LogP contribution is -2.54. The van der Waals surface area contributed by atoms with Gasteiger partial charge in [0.05, 0.1) is 12.5 Å². The van der Waals surface area contributed by atoms with Gasteiger partial charge in [0.25, 0.3) is 10.0 Å². The molecule has 1 unspecified atom stereocenters. The van der Waals surface area contributed by atoms with Crippen molar-refractivity contribution < 1.29 is 32.0 Å². The molecule has 0 N–H and O–H groups in total. The Hall–Kier alpha value is -2.40. The predicted molar refractivity (Wildman–Crippen MR) is 114 cm³/mol. The zero-order valence-corrected chi connectivity index (χ0v) is 19.4. The Morgan fingerprint density at radius 3 is 2.44 bits per heavy atom. The zero-order valence-electron chi connectivity index (χ0n) is 18.6. The number of carbonyl (C=O) groups excluding carboxylic acids is 3. The first kappa shape index (κ1) is 24.2. The van der Waals surface area contributed by atoms with Gasteiger partial charge in [-0.15, -0.1) is 0 Å². The molecule has 0 radical (unpaired) electrons. The fourth-order valence-electron chi connectivity index (χ4n) is 4.08. The number of hydrogen-bond acceptors (Lipinski definition) is 7. The molecule has 1 aromatic heterocycles. The minimum absolute atomic E-state index is 0.0290. The van der Waals surface area contributed by atoms with Gasteiger partial charge in [-0.1, -0.05) is 6.92 Å². The molecule has 3 rings (SSSR count). The van der Waals surface area contributed by atoms with E-state index in [1.54, 1.807) is 16.7 Å². The monoisotopic (exact) mass is 469 g/mol. The van der Waals surface area contributed by atoms with Gasteiger partial charge in [-0.2, -0.15) is 4.31 Å². The average molecular weight is 470 g/mol. The molecule has 178 valence electrons. The number of sulfonamides is 1.